The summed E-state index contributed by atoms with van der Waals surface area (Å²) in [4.78, 5) is 10.3. The largest absolute Gasteiger partial charge is 0.353 e. The van der Waals surface area contributed by atoms with Crippen LogP contribution in [0.1, 0.15) is 6.42 Å². The molecule has 3 heterocycles. The lowest BCUT2D eigenvalue weighted by Crippen LogP contribution is -2.21. The Morgan fingerprint density at radius 2 is 2.31 bits per heavy atom. The first kappa shape index (κ1) is 9.50. The van der Waals surface area contributed by atoms with Gasteiger partial charge in [0.15, 0.2) is 5.65 Å². The Balaban J connectivity index is 2.09. The second kappa shape index (κ2) is 3.40. The molecule has 1 unspecified atom stereocenters. The first-order valence-corrected chi connectivity index (χ1v) is 5.27. The van der Waals surface area contributed by atoms with Gasteiger partial charge in [-0.2, -0.15) is 5.10 Å². The highest BCUT2D eigenvalue weighted by molar-refractivity contribution is 5.86. The number of hydrogen-bond acceptors (Lipinski definition) is 4. The highest BCUT2D eigenvalue weighted by Crippen LogP contribution is 2.26. The number of alkyl halides is 1. The molecule has 0 N–H and O–H groups in total. The van der Waals surface area contributed by atoms with Gasteiger partial charge in [-0.1, -0.05) is 0 Å². The molecule has 0 spiro atoms. The molecule has 0 radical (unpaired) electrons. The molecule has 6 heteroatoms. The van der Waals surface area contributed by atoms with Crippen molar-refractivity contribution in [3.63, 3.8) is 0 Å². The summed E-state index contributed by atoms with van der Waals surface area (Å²) in [5.74, 6) is 0.790. The summed E-state index contributed by atoms with van der Waals surface area (Å²) in [5.41, 5.74) is 0.785. The Hall–Kier alpha value is -1.72. The number of rotatable bonds is 1. The number of aromatic nitrogens is 4. The van der Waals surface area contributed by atoms with Crippen LogP contribution < -0.4 is 4.90 Å². The van der Waals surface area contributed by atoms with Crippen LogP contribution in [-0.2, 0) is 7.05 Å². The van der Waals surface area contributed by atoms with Gasteiger partial charge in [0.25, 0.3) is 0 Å². The number of aryl methyl sites for hydroxylation is 1. The van der Waals surface area contributed by atoms with Gasteiger partial charge in [-0.15, -0.1) is 0 Å². The average molecular weight is 221 g/mol. The number of fused-ring (bicyclic) bond motifs is 1. The van der Waals surface area contributed by atoms with Crippen LogP contribution in [0, 0.1) is 0 Å². The summed E-state index contributed by atoms with van der Waals surface area (Å²) in [6, 6.07) is 0. The lowest BCUT2D eigenvalue weighted by molar-refractivity contribution is 0.364. The molecule has 0 bridgehead atoms. The van der Waals surface area contributed by atoms with E-state index in [0.717, 1.165) is 16.9 Å². The zero-order valence-corrected chi connectivity index (χ0v) is 8.97. The van der Waals surface area contributed by atoms with Crippen molar-refractivity contribution >= 4 is 16.9 Å². The van der Waals surface area contributed by atoms with Crippen LogP contribution in [0.4, 0.5) is 10.2 Å². The minimum atomic E-state index is -0.748. The predicted molar refractivity (Wildman–Crippen MR) is 58.0 cm³/mol. The van der Waals surface area contributed by atoms with E-state index in [2.05, 4.69) is 15.1 Å². The molecule has 1 fully saturated rings. The minimum Gasteiger partial charge on any atom is -0.353 e. The summed E-state index contributed by atoms with van der Waals surface area (Å²) >= 11 is 0. The molecule has 16 heavy (non-hydrogen) atoms. The Morgan fingerprint density at radius 3 is 3.06 bits per heavy atom. The molecule has 0 aliphatic carbocycles. The number of anilines is 1. The average Bonchev–Trinajstić information content (AvgIpc) is 2.86. The van der Waals surface area contributed by atoms with Crippen LogP contribution in [0.3, 0.4) is 0 Å². The molecule has 1 aliphatic heterocycles. The second-order valence-corrected chi connectivity index (χ2v) is 4.03. The summed E-state index contributed by atoms with van der Waals surface area (Å²) in [5, 5.41) is 5.03. The minimum absolute atomic E-state index is 0.418. The Morgan fingerprint density at radius 1 is 1.44 bits per heavy atom. The van der Waals surface area contributed by atoms with Crippen molar-refractivity contribution in [2.75, 3.05) is 18.0 Å². The van der Waals surface area contributed by atoms with Crippen LogP contribution in [0.2, 0.25) is 0 Å². The van der Waals surface area contributed by atoms with Crippen molar-refractivity contribution in [2.24, 2.45) is 7.05 Å². The zero-order valence-electron chi connectivity index (χ0n) is 8.97. The molecule has 84 valence electrons. The highest BCUT2D eigenvalue weighted by atomic mass is 19.1. The van der Waals surface area contributed by atoms with Gasteiger partial charge in [-0.3, -0.25) is 4.68 Å². The SMILES string of the molecule is Cn1ncc2c(N3CCC(F)C3)ncnc21. The summed E-state index contributed by atoms with van der Waals surface area (Å²) in [6.07, 6.45) is 3.06. The van der Waals surface area contributed by atoms with E-state index in [1.807, 2.05) is 11.9 Å². The fraction of sp³-hybridized carbons (Fsp3) is 0.500. The molecule has 1 aliphatic rings. The van der Waals surface area contributed by atoms with Crippen LogP contribution in [0.15, 0.2) is 12.5 Å². The van der Waals surface area contributed by atoms with E-state index in [1.165, 1.54) is 6.33 Å². The maximum atomic E-state index is 13.2. The predicted octanol–water partition coefficient (Wildman–Crippen LogP) is 0.912. The van der Waals surface area contributed by atoms with Crippen LogP contribution in [0.5, 0.6) is 0 Å². The van der Waals surface area contributed by atoms with Crippen LogP contribution in [-0.4, -0.2) is 39.0 Å². The molecular weight excluding hydrogens is 209 g/mol. The maximum absolute atomic E-state index is 13.2. The summed E-state index contributed by atoms with van der Waals surface area (Å²) < 4.78 is 14.9. The molecule has 0 amide bonds. The van der Waals surface area contributed by atoms with Crippen molar-refractivity contribution in [2.45, 2.75) is 12.6 Å². The van der Waals surface area contributed by atoms with E-state index in [1.54, 1.807) is 10.9 Å². The Kier molecular flexibility index (Phi) is 2.02. The molecule has 0 aromatic carbocycles. The van der Waals surface area contributed by atoms with E-state index < -0.39 is 6.17 Å². The molecule has 3 rings (SSSR count). The second-order valence-electron chi connectivity index (χ2n) is 4.03. The molecule has 1 saturated heterocycles. The van der Waals surface area contributed by atoms with Crippen molar-refractivity contribution in [1.29, 1.82) is 0 Å². The zero-order chi connectivity index (χ0) is 11.1. The van der Waals surface area contributed by atoms with Gasteiger partial charge in [0.05, 0.1) is 18.1 Å². The topological polar surface area (TPSA) is 46.8 Å². The Bertz CT molecular complexity index is 523. The normalized spacial score (nSPS) is 20.9. The van der Waals surface area contributed by atoms with Gasteiger partial charge in [0.2, 0.25) is 0 Å². The van der Waals surface area contributed by atoms with Crippen molar-refractivity contribution in [1.82, 2.24) is 19.7 Å². The number of hydrogen-bond donors (Lipinski definition) is 0. The Labute approximate surface area is 91.9 Å². The van der Waals surface area contributed by atoms with Crippen LogP contribution >= 0.6 is 0 Å². The van der Waals surface area contributed by atoms with Crippen molar-refractivity contribution < 1.29 is 4.39 Å². The molecule has 5 nitrogen and oxygen atoms in total. The number of nitrogens with zero attached hydrogens (tertiary/aromatic N) is 5. The molecule has 2 aromatic heterocycles. The third-order valence-electron chi connectivity index (χ3n) is 2.94. The van der Waals surface area contributed by atoms with Gasteiger partial charge in [-0.05, 0) is 6.42 Å². The van der Waals surface area contributed by atoms with Crippen molar-refractivity contribution in [3.8, 4) is 0 Å². The van der Waals surface area contributed by atoms with E-state index in [4.69, 9.17) is 0 Å². The maximum Gasteiger partial charge on any atom is 0.163 e. The highest BCUT2D eigenvalue weighted by Gasteiger charge is 2.24. The molecule has 2 aromatic rings. The van der Waals surface area contributed by atoms with E-state index >= 15 is 0 Å². The third kappa shape index (κ3) is 1.33. The molecule has 0 saturated carbocycles. The van der Waals surface area contributed by atoms with E-state index in [0.29, 0.717) is 19.5 Å². The van der Waals surface area contributed by atoms with E-state index in [9.17, 15) is 4.39 Å². The third-order valence-corrected chi connectivity index (χ3v) is 2.94. The molecule has 1 atom stereocenters. The lowest BCUT2D eigenvalue weighted by atomic mass is 10.3. The van der Waals surface area contributed by atoms with E-state index in [-0.39, 0.29) is 0 Å². The van der Waals surface area contributed by atoms with Crippen LogP contribution in [0.25, 0.3) is 11.0 Å². The lowest BCUT2D eigenvalue weighted by Gasteiger charge is -2.16. The fourth-order valence-corrected chi connectivity index (χ4v) is 2.11. The molecular formula is C10H12FN5. The fourth-order valence-electron chi connectivity index (χ4n) is 2.11. The summed E-state index contributed by atoms with van der Waals surface area (Å²) in [7, 11) is 1.83. The van der Waals surface area contributed by atoms with Gasteiger partial charge >= 0.3 is 0 Å². The quantitative estimate of drug-likeness (QED) is 0.718. The van der Waals surface area contributed by atoms with Gasteiger partial charge in [-0.25, -0.2) is 14.4 Å². The monoisotopic (exact) mass is 221 g/mol. The van der Waals surface area contributed by atoms with Gasteiger partial charge < -0.3 is 4.90 Å². The summed E-state index contributed by atoms with van der Waals surface area (Å²) in [6.45, 7) is 1.13. The standard InChI is InChI=1S/C10H12FN5/c1-15-9-8(4-14-15)10(13-6-12-9)16-3-2-7(11)5-16/h4,6-7H,2-3,5H2,1H3. The smallest absolute Gasteiger partial charge is 0.163 e. The van der Waals surface area contributed by atoms with Gasteiger partial charge in [0, 0.05) is 13.6 Å². The first-order chi connectivity index (χ1) is 7.75. The first-order valence-electron chi connectivity index (χ1n) is 5.27. The van der Waals surface area contributed by atoms with Crippen molar-refractivity contribution in [3.05, 3.63) is 12.5 Å². The number of halogens is 1. The van der Waals surface area contributed by atoms with Gasteiger partial charge in [0.1, 0.15) is 18.3 Å².